The molecule has 0 aliphatic rings. The van der Waals surface area contributed by atoms with Gasteiger partial charge in [0.1, 0.15) is 5.82 Å². The zero-order valence-corrected chi connectivity index (χ0v) is 10.5. The van der Waals surface area contributed by atoms with Crippen LogP contribution in [0.25, 0.3) is 0 Å². The second-order valence-electron chi connectivity index (χ2n) is 3.89. The molecule has 0 atom stereocenters. The Morgan fingerprint density at radius 2 is 1.95 bits per heavy atom. The zero-order valence-electron chi connectivity index (χ0n) is 9.78. The van der Waals surface area contributed by atoms with Crippen molar-refractivity contribution < 1.29 is 9.18 Å². The van der Waals surface area contributed by atoms with Gasteiger partial charge < -0.3 is 16.8 Å². The molecular weight excluding hydrogens is 269 g/mol. The summed E-state index contributed by atoms with van der Waals surface area (Å²) in [5.41, 5.74) is 11.8. The number of nitrogens with one attached hydrogen (secondary N) is 1. The third-order valence-electron chi connectivity index (χ3n) is 2.52. The predicted octanol–water partition coefficient (Wildman–Crippen LogP) is 2.90. The van der Waals surface area contributed by atoms with Gasteiger partial charge in [0.15, 0.2) is 0 Å². The largest absolute Gasteiger partial charge is 0.399 e. The van der Waals surface area contributed by atoms with Crippen molar-refractivity contribution in [3.8, 4) is 0 Å². The molecule has 0 bridgehead atoms. The zero-order chi connectivity index (χ0) is 14.0. The minimum atomic E-state index is -0.861. The molecule has 6 heteroatoms. The van der Waals surface area contributed by atoms with Crippen LogP contribution in [-0.4, -0.2) is 5.91 Å². The van der Waals surface area contributed by atoms with E-state index in [2.05, 4.69) is 5.32 Å². The summed E-state index contributed by atoms with van der Waals surface area (Å²) in [5, 5.41) is 3.25. The quantitative estimate of drug-likeness (QED) is 0.756. The Morgan fingerprint density at radius 3 is 2.63 bits per heavy atom. The highest BCUT2D eigenvalue weighted by Gasteiger charge is 2.14. The van der Waals surface area contributed by atoms with Crippen molar-refractivity contribution in [3.05, 3.63) is 52.8 Å². The molecule has 2 rings (SSSR count). The van der Waals surface area contributed by atoms with Crippen LogP contribution in [0.15, 0.2) is 36.4 Å². The van der Waals surface area contributed by atoms with Gasteiger partial charge in [0, 0.05) is 5.69 Å². The number of primary amides is 1. The first kappa shape index (κ1) is 13.2. The van der Waals surface area contributed by atoms with Gasteiger partial charge in [-0.1, -0.05) is 17.7 Å². The summed E-state index contributed by atoms with van der Waals surface area (Å²) in [6.07, 6.45) is 0. The van der Waals surface area contributed by atoms with Crippen molar-refractivity contribution in [2.24, 2.45) is 5.73 Å². The number of halogens is 2. The van der Waals surface area contributed by atoms with Crippen LogP contribution in [-0.2, 0) is 0 Å². The first-order valence-corrected chi connectivity index (χ1v) is 5.77. The normalized spacial score (nSPS) is 10.2. The SMILES string of the molecule is NC(=O)c1c(F)cccc1Nc1cc(N)ccc1Cl. The van der Waals surface area contributed by atoms with Gasteiger partial charge in [-0.15, -0.1) is 0 Å². The summed E-state index contributed by atoms with van der Waals surface area (Å²) in [6.45, 7) is 0. The molecule has 0 fully saturated rings. The highest BCUT2D eigenvalue weighted by molar-refractivity contribution is 6.33. The topological polar surface area (TPSA) is 81.1 Å². The number of carbonyl (C=O) groups excluding carboxylic acids is 1. The minimum absolute atomic E-state index is 0.221. The molecule has 2 aromatic carbocycles. The van der Waals surface area contributed by atoms with E-state index < -0.39 is 11.7 Å². The molecule has 0 aliphatic carbocycles. The lowest BCUT2D eigenvalue weighted by atomic mass is 10.1. The second-order valence-corrected chi connectivity index (χ2v) is 4.30. The lowest BCUT2D eigenvalue weighted by molar-refractivity contribution is 0.0997. The molecule has 0 saturated heterocycles. The maximum atomic E-state index is 13.6. The van der Waals surface area contributed by atoms with Crippen LogP contribution < -0.4 is 16.8 Å². The number of carbonyl (C=O) groups is 1. The van der Waals surface area contributed by atoms with Crippen molar-refractivity contribution in [3.63, 3.8) is 0 Å². The summed E-state index contributed by atoms with van der Waals surface area (Å²) < 4.78 is 13.6. The van der Waals surface area contributed by atoms with E-state index in [1.54, 1.807) is 18.2 Å². The first-order valence-electron chi connectivity index (χ1n) is 5.39. The van der Waals surface area contributed by atoms with Gasteiger partial charge in [0.25, 0.3) is 5.91 Å². The molecule has 0 heterocycles. The Hall–Kier alpha value is -2.27. The molecule has 2 aromatic rings. The van der Waals surface area contributed by atoms with Gasteiger partial charge >= 0.3 is 0 Å². The lowest BCUT2D eigenvalue weighted by Crippen LogP contribution is -2.15. The molecular formula is C13H11ClFN3O. The van der Waals surface area contributed by atoms with E-state index in [1.165, 1.54) is 12.1 Å². The number of amides is 1. The summed E-state index contributed by atoms with van der Waals surface area (Å²) in [6, 6.07) is 8.97. The maximum Gasteiger partial charge on any atom is 0.253 e. The number of benzene rings is 2. The molecule has 98 valence electrons. The summed E-state index contributed by atoms with van der Waals surface area (Å²) in [4.78, 5) is 11.3. The van der Waals surface area contributed by atoms with Crippen LogP contribution >= 0.6 is 11.6 Å². The van der Waals surface area contributed by atoms with Gasteiger partial charge in [-0.05, 0) is 30.3 Å². The number of rotatable bonds is 3. The van der Waals surface area contributed by atoms with Crippen LogP contribution in [0, 0.1) is 5.82 Å². The van der Waals surface area contributed by atoms with Crippen LogP contribution in [0.1, 0.15) is 10.4 Å². The average Bonchev–Trinajstić information content (AvgIpc) is 2.33. The predicted molar refractivity (Wildman–Crippen MR) is 74.1 cm³/mol. The highest BCUT2D eigenvalue weighted by Crippen LogP contribution is 2.29. The fraction of sp³-hybridized carbons (Fsp3) is 0. The molecule has 1 amide bonds. The van der Waals surface area contributed by atoms with E-state index in [0.717, 1.165) is 6.07 Å². The Balaban J connectivity index is 2.46. The van der Waals surface area contributed by atoms with Crippen LogP contribution in [0.5, 0.6) is 0 Å². The Morgan fingerprint density at radius 1 is 1.21 bits per heavy atom. The van der Waals surface area contributed by atoms with E-state index in [1.807, 2.05) is 0 Å². The fourth-order valence-electron chi connectivity index (χ4n) is 1.66. The number of hydrogen-bond donors (Lipinski definition) is 3. The van der Waals surface area contributed by atoms with Gasteiger partial charge in [-0.2, -0.15) is 0 Å². The van der Waals surface area contributed by atoms with E-state index in [-0.39, 0.29) is 11.3 Å². The monoisotopic (exact) mass is 279 g/mol. The third-order valence-corrected chi connectivity index (χ3v) is 2.85. The molecule has 0 radical (unpaired) electrons. The van der Waals surface area contributed by atoms with Gasteiger partial charge in [0.2, 0.25) is 0 Å². The van der Waals surface area contributed by atoms with E-state index in [9.17, 15) is 9.18 Å². The molecule has 0 aliphatic heterocycles. The molecule has 0 unspecified atom stereocenters. The Bertz CT molecular complexity index is 646. The molecule has 0 saturated carbocycles. The minimum Gasteiger partial charge on any atom is -0.399 e. The number of hydrogen-bond acceptors (Lipinski definition) is 3. The van der Waals surface area contributed by atoms with Crippen molar-refractivity contribution >= 4 is 34.6 Å². The maximum absolute atomic E-state index is 13.6. The molecule has 4 nitrogen and oxygen atoms in total. The van der Waals surface area contributed by atoms with Crippen LogP contribution in [0.2, 0.25) is 5.02 Å². The Kier molecular flexibility index (Phi) is 3.57. The van der Waals surface area contributed by atoms with Gasteiger partial charge in [0.05, 0.1) is 22.0 Å². The van der Waals surface area contributed by atoms with Crippen LogP contribution in [0.4, 0.5) is 21.5 Å². The highest BCUT2D eigenvalue weighted by atomic mass is 35.5. The second kappa shape index (κ2) is 5.16. The Labute approximate surface area is 114 Å². The van der Waals surface area contributed by atoms with Crippen molar-refractivity contribution in [1.82, 2.24) is 0 Å². The standard InChI is InChI=1S/C13H11ClFN3O/c14-8-5-4-7(16)6-11(8)18-10-3-1-2-9(15)12(10)13(17)19/h1-6,18H,16H2,(H2,17,19). The number of anilines is 3. The molecule has 19 heavy (non-hydrogen) atoms. The first-order chi connectivity index (χ1) is 8.99. The summed E-state index contributed by atoms with van der Waals surface area (Å²) in [7, 11) is 0. The number of nitrogen functional groups attached to an aromatic ring is 1. The number of nitrogens with two attached hydrogens (primary N) is 2. The third kappa shape index (κ3) is 2.77. The van der Waals surface area contributed by atoms with Gasteiger partial charge in [-0.3, -0.25) is 4.79 Å². The summed E-state index contributed by atoms with van der Waals surface area (Å²) in [5.74, 6) is -1.56. The lowest BCUT2D eigenvalue weighted by Gasteiger charge is -2.12. The summed E-state index contributed by atoms with van der Waals surface area (Å²) >= 11 is 5.99. The molecule has 5 N–H and O–H groups in total. The van der Waals surface area contributed by atoms with E-state index in [0.29, 0.717) is 16.4 Å². The fourth-order valence-corrected chi connectivity index (χ4v) is 1.83. The molecule has 0 aromatic heterocycles. The molecule has 0 spiro atoms. The van der Waals surface area contributed by atoms with E-state index >= 15 is 0 Å². The van der Waals surface area contributed by atoms with Gasteiger partial charge in [-0.25, -0.2) is 4.39 Å². The van der Waals surface area contributed by atoms with Crippen molar-refractivity contribution in [2.75, 3.05) is 11.1 Å². The van der Waals surface area contributed by atoms with Crippen LogP contribution in [0.3, 0.4) is 0 Å². The van der Waals surface area contributed by atoms with E-state index in [4.69, 9.17) is 23.1 Å². The van der Waals surface area contributed by atoms with Crippen molar-refractivity contribution in [2.45, 2.75) is 0 Å². The smallest absolute Gasteiger partial charge is 0.253 e. The van der Waals surface area contributed by atoms with Crippen molar-refractivity contribution in [1.29, 1.82) is 0 Å². The average molecular weight is 280 g/mol.